The summed E-state index contributed by atoms with van der Waals surface area (Å²) in [6.07, 6.45) is 7.89. The van der Waals surface area contributed by atoms with Crippen molar-refractivity contribution in [1.82, 2.24) is 25.5 Å². The Morgan fingerprint density at radius 1 is 1.17 bits per heavy atom. The monoisotopic (exact) mass is 497 g/mol. The van der Waals surface area contributed by atoms with E-state index in [1.165, 1.54) is 7.11 Å². The summed E-state index contributed by atoms with van der Waals surface area (Å²) in [4.78, 5) is 12.3. The number of nitrogens with zero attached hydrogens (tertiary/aromatic N) is 4. The Labute approximate surface area is 213 Å². The summed E-state index contributed by atoms with van der Waals surface area (Å²) in [6, 6.07) is 8.42. The van der Waals surface area contributed by atoms with Crippen molar-refractivity contribution in [3.63, 3.8) is 0 Å². The number of hydrogen-bond donors (Lipinski definition) is 1. The summed E-state index contributed by atoms with van der Waals surface area (Å²) in [5.74, 6) is 2.28. The van der Waals surface area contributed by atoms with Gasteiger partial charge in [-0.15, -0.1) is 5.10 Å². The lowest BCUT2D eigenvalue weighted by molar-refractivity contribution is -0.143. The van der Waals surface area contributed by atoms with Crippen LogP contribution >= 0.6 is 0 Å². The van der Waals surface area contributed by atoms with E-state index in [1.54, 1.807) is 7.11 Å². The zero-order chi connectivity index (χ0) is 25.2. The van der Waals surface area contributed by atoms with Crippen molar-refractivity contribution in [3.05, 3.63) is 35.7 Å². The van der Waals surface area contributed by atoms with Crippen LogP contribution in [0.5, 0.6) is 5.75 Å². The Morgan fingerprint density at radius 3 is 2.53 bits per heavy atom. The molecule has 36 heavy (non-hydrogen) atoms. The fourth-order valence-electron chi connectivity index (χ4n) is 6.57. The summed E-state index contributed by atoms with van der Waals surface area (Å²) in [5, 5.41) is 17.3. The van der Waals surface area contributed by atoms with Crippen molar-refractivity contribution in [2.75, 3.05) is 27.4 Å². The topological polar surface area (TPSA) is 100 Å². The normalized spacial score (nSPS) is 29.1. The number of rotatable bonds is 9. The molecule has 1 N–H and O–H groups in total. The average Bonchev–Trinajstić information content (AvgIpc) is 3.43. The van der Waals surface area contributed by atoms with Gasteiger partial charge in [0, 0.05) is 19.3 Å². The molecule has 2 unspecified atom stereocenters. The quantitative estimate of drug-likeness (QED) is 0.526. The smallest absolute Gasteiger partial charge is 0.309 e. The summed E-state index contributed by atoms with van der Waals surface area (Å²) in [6.45, 7) is 4.52. The molecule has 5 rings (SSSR count). The molecule has 1 saturated heterocycles. The molecule has 2 saturated carbocycles. The molecular formula is C27H39N5O4. The zero-order valence-electron chi connectivity index (χ0n) is 21.7. The Hall–Kier alpha value is -2.52. The van der Waals surface area contributed by atoms with E-state index in [9.17, 15) is 4.79 Å². The largest absolute Gasteiger partial charge is 0.497 e. The van der Waals surface area contributed by atoms with Crippen LogP contribution in [0.25, 0.3) is 0 Å². The number of aromatic nitrogens is 4. The van der Waals surface area contributed by atoms with Crippen LogP contribution in [-0.2, 0) is 26.4 Å². The lowest BCUT2D eigenvalue weighted by atomic mass is 9.72. The molecule has 9 heteroatoms. The van der Waals surface area contributed by atoms with Gasteiger partial charge in [-0.05, 0) is 90.8 Å². The van der Waals surface area contributed by atoms with Crippen molar-refractivity contribution in [2.45, 2.75) is 76.4 Å². The molecule has 0 bridgehead atoms. The van der Waals surface area contributed by atoms with Gasteiger partial charge in [-0.1, -0.05) is 19.1 Å². The molecule has 9 nitrogen and oxygen atoms in total. The molecule has 2 atom stereocenters. The third-order valence-corrected chi connectivity index (χ3v) is 8.96. The fraction of sp³-hybridized carbons (Fsp3) is 0.704. The van der Waals surface area contributed by atoms with Crippen molar-refractivity contribution in [1.29, 1.82) is 0 Å². The van der Waals surface area contributed by atoms with E-state index >= 15 is 0 Å². The maximum Gasteiger partial charge on any atom is 0.309 e. The number of ether oxygens (including phenoxy) is 3. The first-order valence-electron chi connectivity index (χ1n) is 13.4. The molecule has 0 amide bonds. The van der Waals surface area contributed by atoms with E-state index in [0.29, 0.717) is 18.5 Å². The number of hydrogen-bond acceptors (Lipinski definition) is 8. The molecule has 0 radical (unpaired) electrons. The third-order valence-electron chi connectivity index (χ3n) is 8.96. The number of nitrogens with one attached hydrogen (secondary N) is 1. The third kappa shape index (κ3) is 4.87. The number of methoxy groups -OCH3 is 2. The standard InChI is InChI=1S/C27H39N5O4/c1-4-23(20-9-15-36-16-10-20)28-27(13-11-26(12-14-27)17-22(26)24(33)35-3)25-29-30-31-32(25)18-19-5-7-21(34-2)8-6-19/h5-8,20,22-23,28H,4,9-18H2,1-3H3. The van der Waals surface area contributed by atoms with Crippen LogP contribution in [0.4, 0.5) is 0 Å². The van der Waals surface area contributed by atoms with Crippen LogP contribution < -0.4 is 10.1 Å². The molecular weight excluding hydrogens is 458 g/mol. The van der Waals surface area contributed by atoms with E-state index in [2.05, 4.69) is 39.9 Å². The minimum Gasteiger partial charge on any atom is -0.497 e. The molecule has 2 aliphatic carbocycles. The van der Waals surface area contributed by atoms with Gasteiger partial charge in [-0.3, -0.25) is 4.79 Å². The Kier molecular flexibility index (Phi) is 7.30. The number of carbonyl (C=O) groups excluding carboxylic acids is 1. The van der Waals surface area contributed by atoms with E-state index in [4.69, 9.17) is 14.2 Å². The van der Waals surface area contributed by atoms with Gasteiger partial charge in [0.15, 0.2) is 5.82 Å². The first-order chi connectivity index (χ1) is 17.5. The minimum atomic E-state index is -0.330. The summed E-state index contributed by atoms with van der Waals surface area (Å²) in [5.41, 5.74) is 0.868. The van der Waals surface area contributed by atoms with Crippen molar-refractivity contribution in [3.8, 4) is 5.75 Å². The van der Waals surface area contributed by atoms with Gasteiger partial charge >= 0.3 is 5.97 Å². The van der Waals surface area contributed by atoms with Crippen LogP contribution in [0.1, 0.15) is 69.7 Å². The summed E-state index contributed by atoms with van der Waals surface area (Å²) >= 11 is 0. The number of benzene rings is 1. The maximum absolute atomic E-state index is 12.3. The van der Waals surface area contributed by atoms with Gasteiger partial charge in [-0.25, -0.2) is 4.68 Å². The lowest BCUT2D eigenvalue weighted by Crippen LogP contribution is -2.54. The zero-order valence-corrected chi connectivity index (χ0v) is 21.7. The van der Waals surface area contributed by atoms with Gasteiger partial charge in [0.25, 0.3) is 0 Å². The molecule has 1 aromatic heterocycles. The van der Waals surface area contributed by atoms with E-state index in [1.807, 2.05) is 16.8 Å². The Morgan fingerprint density at radius 2 is 1.89 bits per heavy atom. The summed E-state index contributed by atoms with van der Waals surface area (Å²) in [7, 11) is 3.17. The first-order valence-corrected chi connectivity index (χ1v) is 13.4. The highest BCUT2D eigenvalue weighted by molar-refractivity contribution is 5.76. The van der Waals surface area contributed by atoms with Crippen molar-refractivity contribution >= 4 is 5.97 Å². The van der Waals surface area contributed by atoms with Crippen LogP contribution in [0, 0.1) is 17.3 Å². The van der Waals surface area contributed by atoms with Crippen molar-refractivity contribution < 1.29 is 19.0 Å². The lowest BCUT2D eigenvalue weighted by Gasteiger charge is -2.44. The molecule has 2 heterocycles. The Balaban J connectivity index is 1.41. The predicted molar refractivity (Wildman–Crippen MR) is 133 cm³/mol. The van der Waals surface area contributed by atoms with Crippen LogP contribution in [0.15, 0.2) is 24.3 Å². The molecule has 196 valence electrons. The van der Waals surface area contributed by atoms with Gasteiger partial charge in [0.1, 0.15) is 5.75 Å². The van der Waals surface area contributed by atoms with E-state index in [-0.39, 0.29) is 22.8 Å². The SMILES string of the molecule is CCC(NC1(c2nnnn2Cc2ccc(OC)cc2)CCC2(CC1)CC2C(=O)OC)C1CCOCC1. The Bertz CT molecular complexity index is 1030. The predicted octanol–water partition coefficient (Wildman–Crippen LogP) is 3.47. The highest BCUT2D eigenvalue weighted by Gasteiger charge is 2.62. The average molecular weight is 498 g/mol. The fourth-order valence-corrected chi connectivity index (χ4v) is 6.57. The highest BCUT2D eigenvalue weighted by Crippen LogP contribution is 2.64. The van der Waals surface area contributed by atoms with Crippen molar-refractivity contribution in [2.24, 2.45) is 17.3 Å². The van der Waals surface area contributed by atoms with Gasteiger partial charge in [0.2, 0.25) is 0 Å². The molecule has 1 aliphatic heterocycles. The number of esters is 1. The van der Waals surface area contributed by atoms with Crippen LogP contribution in [0.3, 0.4) is 0 Å². The summed E-state index contributed by atoms with van der Waals surface area (Å²) < 4.78 is 18.0. The van der Waals surface area contributed by atoms with E-state index in [0.717, 1.165) is 81.7 Å². The molecule has 3 fully saturated rings. The molecule has 1 aromatic carbocycles. The molecule has 2 aromatic rings. The number of carbonyl (C=O) groups is 1. The minimum absolute atomic E-state index is 0.0354. The van der Waals surface area contributed by atoms with Crippen LogP contribution in [0.2, 0.25) is 0 Å². The van der Waals surface area contributed by atoms with Gasteiger partial charge in [-0.2, -0.15) is 0 Å². The highest BCUT2D eigenvalue weighted by atomic mass is 16.5. The number of tetrazole rings is 1. The second-order valence-electron chi connectivity index (χ2n) is 10.8. The molecule has 1 spiro atoms. The van der Waals surface area contributed by atoms with Gasteiger partial charge in [0.05, 0.1) is 32.2 Å². The molecule has 3 aliphatic rings. The second-order valence-corrected chi connectivity index (χ2v) is 10.8. The maximum atomic E-state index is 12.3. The second kappa shape index (κ2) is 10.5. The van der Waals surface area contributed by atoms with Crippen LogP contribution in [-0.4, -0.2) is 59.7 Å². The first kappa shape index (κ1) is 25.1. The van der Waals surface area contributed by atoms with Gasteiger partial charge < -0.3 is 19.5 Å². The van der Waals surface area contributed by atoms with E-state index < -0.39 is 0 Å².